The van der Waals surface area contributed by atoms with E-state index in [2.05, 4.69) is 59.8 Å². The van der Waals surface area contributed by atoms with E-state index in [1.165, 1.54) is 11.5 Å². The Kier molecular flexibility index (Phi) is 2.94. The zero-order chi connectivity index (χ0) is 11.0. The second-order valence-electron chi connectivity index (χ2n) is 6.22. The molecule has 0 aromatic rings. The third-order valence-corrected chi connectivity index (χ3v) is 2.84. The highest BCUT2D eigenvalue weighted by Crippen LogP contribution is 2.38. The Morgan fingerprint density at radius 3 is 1.71 bits per heavy atom. The second-order valence-corrected chi connectivity index (χ2v) is 6.22. The fourth-order valence-corrected chi connectivity index (χ4v) is 1.66. The summed E-state index contributed by atoms with van der Waals surface area (Å²) in [5.74, 6) is 1.53. The molecule has 0 fully saturated rings. The van der Waals surface area contributed by atoms with Crippen LogP contribution in [0.2, 0.25) is 0 Å². The Morgan fingerprint density at radius 1 is 0.857 bits per heavy atom. The summed E-state index contributed by atoms with van der Waals surface area (Å²) in [6.45, 7) is 13.6. The molecule has 0 aliphatic heterocycles. The number of hydrogen-bond acceptors (Lipinski definition) is 0. The summed E-state index contributed by atoms with van der Waals surface area (Å²) in [6.07, 6.45) is 8.08. The molecule has 1 rings (SSSR count). The van der Waals surface area contributed by atoms with E-state index in [0.717, 1.165) is 6.42 Å². The van der Waals surface area contributed by atoms with E-state index < -0.39 is 0 Å². The molecule has 0 saturated carbocycles. The molecular weight excluding hydrogens is 168 g/mol. The number of hydrogen-bond donors (Lipinski definition) is 0. The van der Waals surface area contributed by atoms with Crippen molar-refractivity contribution in [3.8, 4) is 0 Å². The minimum Gasteiger partial charge on any atom is -0.0799 e. The van der Waals surface area contributed by atoms with Crippen molar-refractivity contribution in [1.82, 2.24) is 0 Å². The van der Waals surface area contributed by atoms with Gasteiger partial charge in [0.05, 0.1) is 0 Å². The van der Waals surface area contributed by atoms with Crippen LogP contribution in [0.5, 0.6) is 0 Å². The van der Waals surface area contributed by atoms with Gasteiger partial charge in [-0.25, -0.2) is 0 Å². The normalized spacial score (nSPS) is 19.7. The van der Waals surface area contributed by atoms with E-state index in [9.17, 15) is 0 Å². The summed E-state index contributed by atoms with van der Waals surface area (Å²) in [6, 6.07) is 0. The van der Waals surface area contributed by atoms with Crippen molar-refractivity contribution in [2.75, 3.05) is 0 Å². The minimum atomic E-state index is 0.292. The van der Waals surface area contributed by atoms with Crippen LogP contribution >= 0.6 is 0 Å². The van der Waals surface area contributed by atoms with Gasteiger partial charge >= 0.3 is 0 Å². The van der Waals surface area contributed by atoms with E-state index in [0.29, 0.717) is 10.8 Å². The molecule has 0 heterocycles. The average molecular weight is 191 g/mol. The van der Waals surface area contributed by atoms with Crippen LogP contribution in [0.25, 0.3) is 0 Å². The first kappa shape index (κ1) is 11.6. The third kappa shape index (κ3) is 2.73. The molecule has 0 N–H and O–H groups in total. The van der Waals surface area contributed by atoms with Gasteiger partial charge in [0.1, 0.15) is 0 Å². The highest BCUT2D eigenvalue weighted by molar-refractivity contribution is 5.36. The van der Waals surface area contributed by atoms with Crippen molar-refractivity contribution >= 4 is 0 Å². The number of rotatable bonds is 0. The summed E-state index contributed by atoms with van der Waals surface area (Å²) in [5.41, 5.74) is 2.07. The van der Waals surface area contributed by atoms with E-state index in [-0.39, 0.29) is 0 Å². The van der Waals surface area contributed by atoms with Crippen molar-refractivity contribution < 1.29 is 0 Å². The maximum absolute atomic E-state index is 2.38. The van der Waals surface area contributed by atoms with Crippen LogP contribution in [-0.4, -0.2) is 0 Å². The third-order valence-electron chi connectivity index (χ3n) is 2.84. The first-order valence-corrected chi connectivity index (χ1v) is 5.46. The molecule has 0 atom stereocenters. The lowest BCUT2D eigenvalue weighted by Gasteiger charge is -2.31. The topological polar surface area (TPSA) is 0 Å². The zero-order valence-corrected chi connectivity index (χ0v) is 10.4. The van der Waals surface area contributed by atoms with Gasteiger partial charge in [0, 0.05) is 5.92 Å². The summed E-state index contributed by atoms with van der Waals surface area (Å²) in [7, 11) is 0. The highest BCUT2D eigenvalue weighted by Gasteiger charge is 2.25. The molecule has 79 valence electrons. The quantitative estimate of drug-likeness (QED) is 0.527. The summed E-state index contributed by atoms with van der Waals surface area (Å²) in [5, 5.41) is 0. The molecule has 0 spiro atoms. The van der Waals surface area contributed by atoms with Crippen molar-refractivity contribution in [2.24, 2.45) is 10.8 Å². The molecule has 1 aliphatic rings. The molecule has 0 heteroatoms. The number of allylic oxidation sites excluding steroid dienone is 4. The summed E-state index contributed by atoms with van der Waals surface area (Å²) >= 11 is 0. The zero-order valence-electron chi connectivity index (χ0n) is 10.4. The average Bonchev–Trinajstić information content (AvgIpc) is 2.01. The van der Waals surface area contributed by atoms with Gasteiger partial charge in [0.25, 0.3) is 0 Å². The molecule has 0 bridgehead atoms. The van der Waals surface area contributed by atoms with Gasteiger partial charge in [-0.05, 0) is 22.8 Å². The van der Waals surface area contributed by atoms with Crippen LogP contribution in [0, 0.1) is 16.7 Å². The van der Waals surface area contributed by atoms with Crippen molar-refractivity contribution in [2.45, 2.75) is 48.0 Å². The van der Waals surface area contributed by atoms with Crippen molar-refractivity contribution in [1.29, 1.82) is 0 Å². The van der Waals surface area contributed by atoms with Crippen LogP contribution in [-0.2, 0) is 0 Å². The van der Waals surface area contributed by atoms with Gasteiger partial charge < -0.3 is 0 Å². The molecular formula is C14H23. The summed E-state index contributed by atoms with van der Waals surface area (Å²) in [4.78, 5) is 0. The molecule has 0 nitrogen and oxygen atoms in total. The lowest BCUT2D eigenvalue weighted by molar-refractivity contribution is 0.437. The van der Waals surface area contributed by atoms with E-state index in [1.807, 2.05) is 0 Å². The van der Waals surface area contributed by atoms with Gasteiger partial charge in [-0.2, -0.15) is 0 Å². The van der Waals surface area contributed by atoms with Crippen LogP contribution < -0.4 is 0 Å². The molecule has 0 unspecified atom stereocenters. The summed E-state index contributed by atoms with van der Waals surface area (Å²) < 4.78 is 0. The van der Waals surface area contributed by atoms with Gasteiger partial charge in [-0.1, -0.05) is 59.8 Å². The first-order valence-electron chi connectivity index (χ1n) is 5.46. The minimum absolute atomic E-state index is 0.292. The fraction of sp³-hybridized carbons (Fsp3) is 0.643. The van der Waals surface area contributed by atoms with Crippen LogP contribution in [0.3, 0.4) is 0 Å². The van der Waals surface area contributed by atoms with Crippen LogP contribution in [0.15, 0.2) is 23.8 Å². The largest absolute Gasteiger partial charge is 0.0799 e. The Morgan fingerprint density at radius 2 is 1.43 bits per heavy atom. The maximum Gasteiger partial charge on any atom is 0.00670 e. The van der Waals surface area contributed by atoms with Gasteiger partial charge in [-0.3, -0.25) is 0 Å². The second kappa shape index (κ2) is 3.56. The molecule has 0 saturated heterocycles. The molecule has 0 amide bonds. The maximum atomic E-state index is 2.38. The van der Waals surface area contributed by atoms with E-state index in [4.69, 9.17) is 0 Å². The standard InChI is InChI=1S/C14H23/c1-13(2,3)11-7-9-12(10-8-11)14(4,5)6/h7-9H,10H2,1-6H3. The highest BCUT2D eigenvalue weighted by atomic mass is 14.3. The smallest absolute Gasteiger partial charge is 0.00670 e. The lowest BCUT2D eigenvalue weighted by atomic mass is 9.73. The van der Waals surface area contributed by atoms with Crippen LogP contribution in [0.1, 0.15) is 48.0 Å². The predicted octanol–water partition coefficient (Wildman–Crippen LogP) is 4.54. The Labute approximate surface area is 89.1 Å². The van der Waals surface area contributed by atoms with Gasteiger partial charge in [-0.15, -0.1) is 0 Å². The lowest BCUT2D eigenvalue weighted by Crippen LogP contribution is -2.19. The molecule has 1 aliphatic carbocycles. The molecule has 0 aromatic heterocycles. The molecule has 14 heavy (non-hydrogen) atoms. The van der Waals surface area contributed by atoms with E-state index >= 15 is 0 Å². The van der Waals surface area contributed by atoms with E-state index in [1.54, 1.807) is 0 Å². The van der Waals surface area contributed by atoms with Crippen LogP contribution in [0.4, 0.5) is 0 Å². The monoisotopic (exact) mass is 191 g/mol. The fourth-order valence-electron chi connectivity index (χ4n) is 1.66. The molecule has 0 aromatic carbocycles. The Bertz CT molecular complexity index is 253. The molecule has 1 radical (unpaired) electrons. The Hall–Kier alpha value is -0.520. The van der Waals surface area contributed by atoms with Gasteiger partial charge in [0.15, 0.2) is 0 Å². The predicted molar refractivity (Wildman–Crippen MR) is 64.0 cm³/mol. The Balaban J connectivity index is 2.72. The van der Waals surface area contributed by atoms with Crippen molar-refractivity contribution in [3.63, 3.8) is 0 Å². The first-order chi connectivity index (χ1) is 6.21. The SMILES string of the molecule is CC(C)(C)[C]1C=CC(C(C)(C)C)=CC1. The van der Waals surface area contributed by atoms with Crippen molar-refractivity contribution in [3.05, 3.63) is 29.7 Å². The van der Waals surface area contributed by atoms with Gasteiger partial charge in [0.2, 0.25) is 0 Å².